The van der Waals surface area contributed by atoms with Crippen molar-refractivity contribution in [3.05, 3.63) is 42.0 Å². The summed E-state index contributed by atoms with van der Waals surface area (Å²) >= 11 is 0. The molecule has 1 aromatic carbocycles. The summed E-state index contributed by atoms with van der Waals surface area (Å²) in [5.74, 6) is 0.282. The van der Waals surface area contributed by atoms with Gasteiger partial charge in [-0.2, -0.15) is 0 Å². The number of ether oxygens (including phenoxy) is 1. The van der Waals surface area contributed by atoms with E-state index in [0.717, 1.165) is 18.4 Å². The molecule has 0 heterocycles. The average Bonchev–Trinajstić information content (AvgIpc) is 2.44. The lowest BCUT2D eigenvalue weighted by atomic mass is 9.86. The summed E-state index contributed by atoms with van der Waals surface area (Å²) in [6.07, 6.45) is 2.72. The quantitative estimate of drug-likeness (QED) is 0.808. The highest BCUT2D eigenvalue weighted by molar-refractivity contribution is 5.97. The number of carbonyl (C=O) groups excluding carboxylic acids is 2. The molecule has 0 atom stereocenters. The number of para-hydroxylation sites is 1. The summed E-state index contributed by atoms with van der Waals surface area (Å²) in [6, 6.07) is 5.68. The Morgan fingerprint density at radius 3 is 2.57 bits per heavy atom. The molecule has 21 heavy (non-hydrogen) atoms. The molecular formula is C16H20N2O3. The molecule has 0 bridgehead atoms. The van der Waals surface area contributed by atoms with Crippen LogP contribution in [-0.4, -0.2) is 31.0 Å². The maximum absolute atomic E-state index is 12.3. The second kappa shape index (κ2) is 6.43. The predicted molar refractivity (Wildman–Crippen MR) is 80.3 cm³/mol. The molecule has 1 fully saturated rings. The molecule has 0 unspecified atom stereocenters. The van der Waals surface area contributed by atoms with Crippen molar-refractivity contribution in [1.29, 1.82) is 0 Å². The van der Waals surface area contributed by atoms with Gasteiger partial charge in [0, 0.05) is 12.1 Å². The first-order chi connectivity index (χ1) is 10.0. The summed E-state index contributed by atoms with van der Waals surface area (Å²) in [5, 5.41) is 5.77. The van der Waals surface area contributed by atoms with E-state index in [9.17, 15) is 9.59 Å². The number of hydrogen-bond acceptors (Lipinski definition) is 3. The van der Waals surface area contributed by atoms with Gasteiger partial charge >= 0.3 is 0 Å². The van der Waals surface area contributed by atoms with Crippen molar-refractivity contribution >= 4 is 11.8 Å². The number of methoxy groups -OCH3 is 1. The molecule has 2 N–H and O–H groups in total. The molecule has 0 spiro atoms. The van der Waals surface area contributed by atoms with E-state index in [1.54, 1.807) is 13.2 Å². The smallest absolute Gasteiger partial charge is 0.255 e. The number of nitrogens with one attached hydrogen (secondary N) is 2. The monoisotopic (exact) mass is 288 g/mol. The number of hydrogen-bond donors (Lipinski definition) is 2. The van der Waals surface area contributed by atoms with E-state index in [2.05, 4.69) is 17.2 Å². The molecule has 1 aliphatic carbocycles. The number of carbonyl (C=O) groups is 2. The van der Waals surface area contributed by atoms with E-state index in [4.69, 9.17) is 4.74 Å². The topological polar surface area (TPSA) is 67.4 Å². The Hall–Kier alpha value is -2.30. The first kappa shape index (κ1) is 15.1. The van der Waals surface area contributed by atoms with Gasteiger partial charge in [-0.1, -0.05) is 18.7 Å². The summed E-state index contributed by atoms with van der Waals surface area (Å²) in [4.78, 5) is 23.4. The molecule has 1 saturated carbocycles. The van der Waals surface area contributed by atoms with Crippen LogP contribution in [0.2, 0.25) is 0 Å². The van der Waals surface area contributed by atoms with Crippen molar-refractivity contribution in [2.75, 3.05) is 7.11 Å². The normalized spacial score (nSPS) is 20.1. The van der Waals surface area contributed by atoms with Gasteiger partial charge in [-0.3, -0.25) is 9.59 Å². The molecule has 1 aliphatic rings. The van der Waals surface area contributed by atoms with Crippen LogP contribution >= 0.6 is 0 Å². The van der Waals surface area contributed by atoms with Crippen LogP contribution < -0.4 is 15.4 Å². The summed E-state index contributed by atoms with van der Waals surface area (Å²) in [6.45, 7) is 5.31. The van der Waals surface area contributed by atoms with E-state index in [-0.39, 0.29) is 23.9 Å². The lowest BCUT2D eigenvalue weighted by Crippen LogP contribution is -2.53. The predicted octanol–water partition coefficient (Wildman–Crippen LogP) is 1.57. The Bertz CT molecular complexity index is 563. The third kappa shape index (κ3) is 3.42. The van der Waals surface area contributed by atoms with Gasteiger partial charge in [-0.15, -0.1) is 0 Å². The van der Waals surface area contributed by atoms with E-state index >= 15 is 0 Å². The molecule has 0 aliphatic heterocycles. The molecular weight excluding hydrogens is 268 g/mol. The van der Waals surface area contributed by atoms with Gasteiger partial charge in [0.25, 0.3) is 5.91 Å². The maximum Gasteiger partial charge on any atom is 0.255 e. The third-order valence-corrected chi connectivity index (χ3v) is 3.67. The van der Waals surface area contributed by atoms with Crippen molar-refractivity contribution in [2.45, 2.75) is 31.8 Å². The molecule has 0 aromatic heterocycles. The van der Waals surface area contributed by atoms with E-state index in [0.29, 0.717) is 11.3 Å². The highest BCUT2D eigenvalue weighted by atomic mass is 16.5. The third-order valence-electron chi connectivity index (χ3n) is 3.67. The largest absolute Gasteiger partial charge is 0.496 e. The molecule has 0 radical (unpaired) electrons. The molecule has 112 valence electrons. The zero-order valence-corrected chi connectivity index (χ0v) is 12.3. The van der Waals surface area contributed by atoms with Crippen molar-refractivity contribution in [3.8, 4) is 5.75 Å². The standard InChI is InChI=1S/C16H20N2O3/c1-4-14(19)17-11-8-12(9-11)18-16(20)13-7-5-6-10(2)15(13)21-3/h4-7,11-12H,1,8-9H2,2-3H3,(H,17,19)(H,18,20). The maximum atomic E-state index is 12.3. The van der Waals surface area contributed by atoms with E-state index in [1.165, 1.54) is 6.08 Å². The lowest BCUT2D eigenvalue weighted by molar-refractivity contribution is -0.117. The molecule has 5 heteroatoms. The summed E-state index contributed by atoms with van der Waals surface area (Å²) < 4.78 is 5.29. The van der Waals surface area contributed by atoms with Crippen molar-refractivity contribution in [1.82, 2.24) is 10.6 Å². The van der Waals surface area contributed by atoms with E-state index < -0.39 is 0 Å². The minimum absolute atomic E-state index is 0.0813. The Balaban J connectivity index is 1.91. The first-order valence-corrected chi connectivity index (χ1v) is 6.92. The van der Waals surface area contributed by atoms with Crippen LogP contribution in [0.25, 0.3) is 0 Å². The fourth-order valence-corrected chi connectivity index (χ4v) is 2.48. The van der Waals surface area contributed by atoms with E-state index in [1.807, 2.05) is 19.1 Å². The van der Waals surface area contributed by atoms with Crippen LogP contribution in [0.3, 0.4) is 0 Å². The molecule has 2 rings (SSSR count). The van der Waals surface area contributed by atoms with Gasteiger partial charge in [0.1, 0.15) is 5.75 Å². The molecule has 2 amide bonds. The highest BCUT2D eigenvalue weighted by Crippen LogP contribution is 2.25. The molecule has 5 nitrogen and oxygen atoms in total. The number of benzene rings is 1. The summed E-state index contributed by atoms with van der Waals surface area (Å²) in [7, 11) is 1.56. The second-order valence-electron chi connectivity index (χ2n) is 5.21. The van der Waals surface area contributed by atoms with Crippen molar-refractivity contribution < 1.29 is 14.3 Å². The first-order valence-electron chi connectivity index (χ1n) is 6.92. The van der Waals surface area contributed by atoms with Gasteiger partial charge < -0.3 is 15.4 Å². The van der Waals surface area contributed by atoms with Crippen LogP contribution in [0.4, 0.5) is 0 Å². The van der Waals surface area contributed by atoms with Crippen LogP contribution in [0.5, 0.6) is 5.75 Å². The SMILES string of the molecule is C=CC(=O)NC1CC(NC(=O)c2cccc(C)c2OC)C1. The van der Waals surface area contributed by atoms with Crippen LogP contribution in [0.1, 0.15) is 28.8 Å². The fourth-order valence-electron chi connectivity index (χ4n) is 2.48. The summed E-state index contributed by atoms with van der Waals surface area (Å²) in [5.41, 5.74) is 1.46. The molecule has 1 aromatic rings. The fraction of sp³-hybridized carbons (Fsp3) is 0.375. The van der Waals surface area contributed by atoms with Crippen LogP contribution in [0.15, 0.2) is 30.9 Å². The lowest BCUT2D eigenvalue weighted by Gasteiger charge is -2.36. The minimum atomic E-state index is -0.176. The van der Waals surface area contributed by atoms with Gasteiger partial charge in [0.15, 0.2) is 0 Å². The Kier molecular flexibility index (Phi) is 4.62. The second-order valence-corrected chi connectivity index (χ2v) is 5.21. The highest BCUT2D eigenvalue weighted by Gasteiger charge is 2.31. The van der Waals surface area contributed by atoms with Crippen LogP contribution in [0, 0.1) is 6.92 Å². The van der Waals surface area contributed by atoms with Crippen LogP contribution in [-0.2, 0) is 4.79 Å². The van der Waals surface area contributed by atoms with Gasteiger partial charge in [0.2, 0.25) is 5.91 Å². The zero-order valence-electron chi connectivity index (χ0n) is 12.3. The van der Waals surface area contributed by atoms with Gasteiger partial charge in [-0.05, 0) is 37.5 Å². The van der Waals surface area contributed by atoms with Gasteiger partial charge in [-0.25, -0.2) is 0 Å². The Labute approximate surface area is 124 Å². The van der Waals surface area contributed by atoms with Gasteiger partial charge in [0.05, 0.1) is 12.7 Å². The molecule has 0 saturated heterocycles. The minimum Gasteiger partial charge on any atom is -0.496 e. The van der Waals surface area contributed by atoms with Crippen molar-refractivity contribution in [2.24, 2.45) is 0 Å². The Morgan fingerprint density at radius 2 is 1.95 bits per heavy atom. The number of amides is 2. The van der Waals surface area contributed by atoms with Crippen molar-refractivity contribution in [3.63, 3.8) is 0 Å². The number of aryl methyl sites for hydroxylation is 1. The average molecular weight is 288 g/mol. The Morgan fingerprint density at radius 1 is 1.29 bits per heavy atom. The number of rotatable bonds is 5. The zero-order chi connectivity index (χ0) is 15.4.